The highest BCUT2D eigenvalue weighted by molar-refractivity contribution is 6.40. The zero-order valence-electron chi connectivity index (χ0n) is 15.5. The second-order valence-electron chi connectivity index (χ2n) is 7.37. The molecule has 6 heteroatoms. The van der Waals surface area contributed by atoms with Crippen molar-refractivity contribution in [2.75, 3.05) is 5.32 Å². The van der Waals surface area contributed by atoms with Gasteiger partial charge in [-0.1, -0.05) is 41.9 Å². The molecule has 1 aromatic heterocycles. The van der Waals surface area contributed by atoms with Gasteiger partial charge in [0.15, 0.2) is 0 Å². The van der Waals surface area contributed by atoms with Crippen LogP contribution in [0.3, 0.4) is 0 Å². The molecular weight excluding hydrogens is 356 g/mol. The lowest BCUT2D eigenvalue weighted by molar-refractivity contribution is -0.136. The molecule has 2 aromatic carbocycles. The number of aryl methyl sites for hydroxylation is 1. The van der Waals surface area contributed by atoms with Gasteiger partial charge in [-0.2, -0.15) is 0 Å². The van der Waals surface area contributed by atoms with Gasteiger partial charge in [0.2, 0.25) is 5.78 Å². The van der Waals surface area contributed by atoms with E-state index in [9.17, 15) is 14.4 Å². The molecule has 0 unspecified atom stereocenters. The van der Waals surface area contributed by atoms with Gasteiger partial charge >= 0.3 is 5.63 Å². The first-order chi connectivity index (χ1) is 13.5. The van der Waals surface area contributed by atoms with Crippen LogP contribution >= 0.6 is 0 Å². The van der Waals surface area contributed by atoms with E-state index < -0.39 is 17.3 Å². The van der Waals surface area contributed by atoms with Crippen LogP contribution in [0.15, 0.2) is 57.8 Å². The second-order valence-corrected chi connectivity index (χ2v) is 7.37. The molecule has 0 saturated heterocycles. The minimum Gasteiger partial charge on any atom is -0.319 e. The van der Waals surface area contributed by atoms with Crippen LogP contribution in [0.4, 0.5) is 5.69 Å². The Morgan fingerprint density at radius 1 is 1.11 bits per heavy atom. The molecule has 0 aliphatic heterocycles. The Balaban J connectivity index is 1.52. The van der Waals surface area contributed by atoms with Crippen LogP contribution in [0.1, 0.15) is 36.9 Å². The van der Waals surface area contributed by atoms with Crippen molar-refractivity contribution in [3.8, 4) is 0 Å². The highest BCUT2D eigenvalue weighted by Crippen LogP contribution is 2.46. The molecule has 3 aromatic rings. The maximum atomic E-state index is 12.6. The summed E-state index contributed by atoms with van der Waals surface area (Å²) >= 11 is 0. The van der Waals surface area contributed by atoms with Crippen molar-refractivity contribution in [3.05, 3.63) is 70.2 Å². The highest BCUT2D eigenvalue weighted by atomic mass is 16.5. The second kappa shape index (κ2) is 7.03. The number of rotatable bonds is 5. The number of nitrogens with zero attached hydrogens (tertiary/aromatic N) is 1. The summed E-state index contributed by atoms with van der Waals surface area (Å²) in [5, 5.41) is 7.32. The molecule has 4 rings (SSSR count). The standard InChI is InChI=1S/C22H20N2O4/c1-14-18-12-16(8-9-17(18)21(27)28-24-14)23-20(26)19(25)13-22(10-5-11-22)15-6-3-2-4-7-15/h2-4,6-9,12H,5,10-11,13H2,1H3,(H,23,26). The Morgan fingerprint density at radius 2 is 1.86 bits per heavy atom. The molecular formula is C22H20N2O4. The van der Waals surface area contributed by atoms with Gasteiger partial charge in [-0.25, -0.2) is 4.79 Å². The molecule has 1 amide bonds. The van der Waals surface area contributed by atoms with Crippen LogP contribution < -0.4 is 10.9 Å². The summed E-state index contributed by atoms with van der Waals surface area (Å²) in [6.45, 7) is 1.71. The van der Waals surface area contributed by atoms with Gasteiger partial charge in [-0.3, -0.25) is 9.59 Å². The van der Waals surface area contributed by atoms with Crippen molar-refractivity contribution in [1.29, 1.82) is 0 Å². The van der Waals surface area contributed by atoms with E-state index in [1.54, 1.807) is 25.1 Å². The Bertz CT molecular complexity index is 1110. The Hall–Kier alpha value is -3.28. The number of Topliss-reactive ketones (excluding diaryl/α,β-unsaturated/α-hetero) is 1. The zero-order valence-corrected chi connectivity index (χ0v) is 15.5. The van der Waals surface area contributed by atoms with Crippen molar-refractivity contribution in [3.63, 3.8) is 0 Å². The molecule has 0 spiro atoms. The third kappa shape index (κ3) is 3.22. The van der Waals surface area contributed by atoms with Gasteiger partial charge < -0.3 is 9.84 Å². The number of hydrogen-bond acceptors (Lipinski definition) is 5. The van der Waals surface area contributed by atoms with E-state index in [1.807, 2.05) is 30.3 Å². The van der Waals surface area contributed by atoms with Gasteiger partial charge in [0.05, 0.1) is 11.1 Å². The number of carbonyl (C=O) groups is 2. The number of anilines is 1. The molecule has 1 N–H and O–H groups in total. The molecule has 1 heterocycles. The predicted octanol–water partition coefficient (Wildman–Crippen LogP) is 3.52. The fraction of sp³-hybridized carbons (Fsp3) is 0.273. The summed E-state index contributed by atoms with van der Waals surface area (Å²) in [7, 11) is 0. The Morgan fingerprint density at radius 3 is 2.54 bits per heavy atom. The van der Waals surface area contributed by atoms with E-state index >= 15 is 0 Å². The van der Waals surface area contributed by atoms with E-state index in [-0.39, 0.29) is 11.8 Å². The van der Waals surface area contributed by atoms with Gasteiger partial charge in [-0.15, -0.1) is 0 Å². The number of benzene rings is 2. The lowest BCUT2D eigenvalue weighted by atomic mass is 9.62. The van der Waals surface area contributed by atoms with Crippen molar-refractivity contribution >= 4 is 28.2 Å². The van der Waals surface area contributed by atoms with E-state index in [4.69, 9.17) is 4.52 Å². The van der Waals surface area contributed by atoms with Crippen molar-refractivity contribution in [1.82, 2.24) is 5.16 Å². The molecule has 0 bridgehead atoms. The topological polar surface area (TPSA) is 89.3 Å². The normalized spacial score (nSPS) is 15.0. The first kappa shape index (κ1) is 18.1. The minimum absolute atomic E-state index is 0.195. The average Bonchev–Trinajstić information content (AvgIpc) is 2.68. The molecule has 1 saturated carbocycles. The van der Waals surface area contributed by atoms with Gasteiger partial charge in [0.1, 0.15) is 0 Å². The number of hydrogen-bond donors (Lipinski definition) is 1. The summed E-state index contributed by atoms with van der Waals surface area (Å²) in [4.78, 5) is 36.9. The third-order valence-electron chi connectivity index (χ3n) is 5.60. The smallest absolute Gasteiger partial charge is 0.319 e. The first-order valence-corrected chi connectivity index (χ1v) is 9.29. The fourth-order valence-corrected chi connectivity index (χ4v) is 3.86. The molecule has 142 valence electrons. The van der Waals surface area contributed by atoms with Gasteiger partial charge in [0.25, 0.3) is 5.91 Å². The minimum atomic E-state index is -0.643. The number of carbonyl (C=O) groups excluding carboxylic acids is 2. The summed E-state index contributed by atoms with van der Waals surface area (Å²) in [5.41, 5.74) is 1.32. The number of amides is 1. The van der Waals surface area contributed by atoms with Gasteiger partial charge in [-0.05, 0) is 43.5 Å². The summed E-state index contributed by atoms with van der Waals surface area (Å²) in [6.07, 6.45) is 3.07. The van der Waals surface area contributed by atoms with Gasteiger partial charge in [0, 0.05) is 22.9 Å². The van der Waals surface area contributed by atoms with E-state index in [1.165, 1.54) is 0 Å². The number of aromatic nitrogens is 1. The quantitative estimate of drug-likeness (QED) is 0.688. The molecule has 6 nitrogen and oxygen atoms in total. The molecule has 0 radical (unpaired) electrons. The molecule has 1 fully saturated rings. The third-order valence-corrected chi connectivity index (χ3v) is 5.60. The largest absolute Gasteiger partial charge is 0.366 e. The van der Waals surface area contributed by atoms with Crippen LogP contribution in [-0.4, -0.2) is 16.8 Å². The molecule has 0 atom stereocenters. The summed E-state index contributed by atoms with van der Waals surface area (Å²) < 4.78 is 4.70. The van der Waals surface area contributed by atoms with Crippen molar-refractivity contribution in [2.24, 2.45) is 0 Å². The summed E-state index contributed by atoms with van der Waals surface area (Å²) in [6, 6.07) is 14.7. The lowest BCUT2D eigenvalue weighted by Crippen LogP contribution is -2.39. The van der Waals surface area contributed by atoms with Crippen LogP contribution in [0.5, 0.6) is 0 Å². The average molecular weight is 376 g/mol. The van der Waals surface area contributed by atoms with Crippen molar-refractivity contribution < 1.29 is 14.1 Å². The zero-order chi connectivity index (χ0) is 19.7. The SMILES string of the molecule is Cc1noc(=O)c2ccc(NC(=O)C(=O)CC3(c4ccccc4)CCC3)cc12. The highest BCUT2D eigenvalue weighted by Gasteiger charge is 2.41. The fourth-order valence-electron chi connectivity index (χ4n) is 3.86. The van der Waals surface area contributed by atoms with Crippen LogP contribution in [-0.2, 0) is 15.0 Å². The number of fused-ring (bicyclic) bond motifs is 1. The number of nitrogens with one attached hydrogen (secondary N) is 1. The van der Waals surface area contributed by atoms with Crippen LogP contribution in [0.25, 0.3) is 10.8 Å². The Labute approximate surface area is 161 Å². The lowest BCUT2D eigenvalue weighted by Gasteiger charge is -2.42. The number of ketones is 1. The molecule has 1 aliphatic carbocycles. The van der Waals surface area contributed by atoms with E-state index in [2.05, 4.69) is 10.5 Å². The molecule has 28 heavy (non-hydrogen) atoms. The van der Waals surface area contributed by atoms with Crippen LogP contribution in [0.2, 0.25) is 0 Å². The predicted molar refractivity (Wildman–Crippen MR) is 105 cm³/mol. The monoisotopic (exact) mass is 376 g/mol. The van der Waals surface area contributed by atoms with Crippen molar-refractivity contribution in [2.45, 2.75) is 38.0 Å². The molecule has 1 aliphatic rings. The summed E-state index contributed by atoms with van der Waals surface area (Å²) in [5.74, 6) is -1.08. The van der Waals surface area contributed by atoms with E-state index in [0.717, 1.165) is 24.8 Å². The maximum absolute atomic E-state index is 12.6. The van der Waals surface area contributed by atoms with Crippen LogP contribution in [0, 0.1) is 6.92 Å². The van der Waals surface area contributed by atoms with E-state index in [0.29, 0.717) is 22.2 Å². The maximum Gasteiger partial charge on any atom is 0.366 e. The Kier molecular flexibility index (Phi) is 4.55. The first-order valence-electron chi connectivity index (χ1n) is 9.29.